The van der Waals surface area contributed by atoms with Crippen LogP contribution in [0.5, 0.6) is 5.75 Å². The highest BCUT2D eigenvalue weighted by Crippen LogP contribution is 2.32. The van der Waals surface area contributed by atoms with E-state index >= 15 is 0 Å². The number of ether oxygens (including phenoxy) is 1. The van der Waals surface area contributed by atoms with Gasteiger partial charge in [-0.25, -0.2) is 4.79 Å². The van der Waals surface area contributed by atoms with Crippen molar-refractivity contribution in [3.8, 4) is 5.75 Å². The molecule has 2 aromatic carbocycles. The highest BCUT2D eigenvalue weighted by Gasteiger charge is 2.22. The zero-order valence-corrected chi connectivity index (χ0v) is 13.5. The molecule has 0 unspecified atom stereocenters. The lowest BCUT2D eigenvalue weighted by molar-refractivity contribution is -0.145. The summed E-state index contributed by atoms with van der Waals surface area (Å²) >= 11 is 3.45. The maximum absolute atomic E-state index is 11.5. The van der Waals surface area contributed by atoms with Crippen molar-refractivity contribution in [2.75, 3.05) is 0 Å². The van der Waals surface area contributed by atoms with Crippen molar-refractivity contribution < 1.29 is 14.6 Å². The fraction of sp³-hybridized carbons (Fsp3) is 0.235. The number of aliphatic carboxylic acids is 1. The van der Waals surface area contributed by atoms with Gasteiger partial charge in [0.05, 0.1) is 4.47 Å². The molecule has 0 aliphatic rings. The second kappa shape index (κ2) is 6.76. The molecule has 0 aliphatic heterocycles. The SMILES string of the molecule is CC(C)c1ccc(O[C@@H](C(=O)O)c2ccccc2)c(Br)c1. The van der Waals surface area contributed by atoms with Crippen molar-refractivity contribution in [1.82, 2.24) is 0 Å². The van der Waals surface area contributed by atoms with E-state index in [1.165, 1.54) is 5.56 Å². The average molecular weight is 349 g/mol. The lowest BCUT2D eigenvalue weighted by Crippen LogP contribution is -2.18. The number of hydrogen-bond donors (Lipinski definition) is 1. The molecular formula is C17H17BrO3. The van der Waals surface area contributed by atoms with Gasteiger partial charge in [0.15, 0.2) is 0 Å². The number of carboxylic acids is 1. The molecule has 3 nitrogen and oxygen atoms in total. The van der Waals surface area contributed by atoms with Gasteiger partial charge in [0.1, 0.15) is 5.75 Å². The normalized spacial score (nSPS) is 12.2. The fourth-order valence-electron chi connectivity index (χ4n) is 1.99. The van der Waals surface area contributed by atoms with E-state index in [0.29, 0.717) is 17.2 Å². The van der Waals surface area contributed by atoms with Crippen molar-refractivity contribution in [1.29, 1.82) is 0 Å². The van der Waals surface area contributed by atoms with Crippen LogP contribution in [0.3, 0.4) is 0 Å². The molecule has 2 aromatic rings. The second-order valence-electron chi connectivity index (χ2n) is 5.09. The molecule has 0 radical (unpaired) electrons. The first-order valence-electron chi connectivity index (χ1n) is 6.73. The molecule has 21 heavy (non-hydrogen) atoms. The van der Waals surface area contributed by atoms with E-state index in [-0.39, 0.29) is 0 Å². The summed E-state index contributed by atoms with van der Waals surface area (Å²) in [5.74, 6) is -0.0866. The standard InChI is InChI=1S/C17H17BrO3/c1-11(2)13-8-9-15(14(18)10-13)21-16(17(19)20)12-6-4-3-5-7-12/h3-11,16H,1-2H3,(H,19,20)/t16-/m1/s1. The topological polar surface area (TPSA) is 46.5 Å². The molecular weight excluding hydrogens is 332 g/mol. The summed E-state index contributed by atoms with van der Waals surface area (Å²) in [5, 5.41) is 9.38. The molecule has 0 saturated heterocycles. The van der Waals surface area contributed by atoms with Crippen LogP contribution < -0.4 is 4.74 Å². The molecule has 0 spiro atoms. The third-order valence-corrected chi connectivity index (χ3v) is 3.81. The third kappa shape index (κ3) is 3.85. The van der Waals surface area contributed by atoms with E-state index in [2.05, 4.69) is 29.8 Å². The monoisotopic (exact) mass is 348 g/mol. The summed E-state index contributed by atoms with van der Waals surface area (Å²) in [5.41, 5.74) is 1.78. The molecule has 0 bridgehead atoms. The van der Waals surface area contributed by atoms with Gasteiger partial charge in [-0.3, -0.25) is 0 Å². The Morgan fingerprint density at radius 3 is 2.29 bits per heavy atom. The third-order valence-electron chi connectivity index (χ3n) is 3.19. The van der Waals surface area contributed by atoms with Gasteiger partial charge < -0.3 is 9.84 Å². The van der Waals surface area contributed by atoms with Gasteiger partial charge in [-0.15, -0.1) is 0 Å². The zero-order valence-electron chi connectivity index (χ0n) is 11.9. The maximum atomic E-state index is 11.5. The quantitative estimate of drug-likeness (QED) is 0.845. The molecule has 0 saturated carbocycles. The Bertz CT molecular complexity index is 623. The zero-order chi connectivity index (χ0) is 15.4. The van der Waals surface area contributed by atoms with Crippen LogP contribution in [0, 0.1) is 0 Å². The Hall–Kier alpha value is -1.81. The fourth-order valence-corrected chi connectivity index (χ4v) is 2.48. The van der Waals surface area contributed by atoms with Crippen LogP contribution in [-0.2, 0) is 4.79 Å². The van der Waals surface area contributed by atoms with E-state index in [4.69, 9.17) is 4.74 Å². The predicted molar refractivity (Wildman–Crippen MR) is 85.7 cm³/mol. The van der Waals surface area contributed by atoms with Gasteiger partial charge in [0.2, 0.25) is 6.10 Å². The Morgan fingerprint density at radius 2 is 1.76 bits per heavy atom. The van der Waals surface area contributed by atoms with Gasteiger partial charge in [0, 0.05) is 5.56 Å². The van der Waals surface area contributed by atoms with Gasteiger partial charge in [-0.1, -0.05) is 50.2 Å². The van der Waals surface area contributed by atoms with Crippen LogP contribution in [0.25, 0.3) is 0 Å². The Morgan fingerprint density at radius 1 is 1.10 bits per heavy atom. The smallest absolute Gasteiger partial charge is 0.349 e. The van der Waals surface area contributed by atoms with E-state index in [1.807, 2.05) is 18.2 Å². The van der Waals surface area contributed by atoms with Crippen molar-refractivity contribution in [3.63, 3.8) is 0 Å². The Balaban J connectivity index is 2.28. The molecule has 0 aliphatic carbocycles. The van der Waals surface area contributed by atoms with E-state index in [0.717, 1.165) is 4.47 Å². The molecule has 0 heterocycles. The number of benzene rings is 2. The lowest BCUT2D eigenvalue weighted by atomic mass is 10.0. The summed E-state index contributed by atoms with van der Waals surface area (Å²) < 4.78 is 6.44. The van der Waals surface area contributed by atoms with Crippen molar-refractivity contribution >= 4 is 21.9 Å². The summed E-state index contributed by atoms with van der Waals surface area (Å²) in [6.07, 6.45) is -1.02. The van der Waals surface area contributed by atoms with Gasteiger partial charge in [-0.2, -0.15) is 0 Å². The molecule has 0 amide bonds. The number of rotatable bonds is 5. The van der Waals surface area contributed by atoms with Crippen LogP contribution in [0.2, 0.25) is 0 Å². The van der Waals surface area contributed by atoms with E-state index in [9.17, 15) is 9.90 Å². The predicted octanol–water partition coefficient (Wildman–Crippen LogP) is 4.78. The first kappa shape index (κ1) is 15.6. The minimum Gasteiger partial charge on any atom is -0.478 e. The van der Waals surface area contributed by atoms with Crippen molar-refractivity contribution in [2.24, 2.45) is 0 Å². The number of carboxylic acid groups (broad SMARTS) is 1. The largest absolute Gasteiger partial charge is 0.478 e. The van der Waals surface area contributed by atoms with Gasteiger partial charge in [-0.05, 0) is 39.5 Å². The van der Waals surface area contributed by atoms with E-state index in [1.54, 1.807) is 30.3 Å². The van der Waals surface area contributed by atoms with Gasteiger partial charge in [0.25, 0.3) is 0 Å². The summed E-state index contributed by atoms with van der Waals surface area (Å²) in [7, 11) is 0. The second-order valence-corrected chi connectivity index (χ2v) is 5.95. The number of hydrogen-bond acceptors (Lipinski definition) is 2. The van der Waals surface area contributed by atoms with Crippen LogP contribution in [0.1, 0.15) is 37.0 Å². The maximum Gasteiger partial charge on any atom is 0.349 e. The van der Waals surface area contributed by atoms with Crippen LogP contribution >= 0.6 is 15.9 Å². The molecule has 110 valence electrons. The van der Waals surface area contributed by atoms with Gasteiger partial charge >= 0.3 is 5.97 Å². The first-order chi connectivity index (χ1) is 9.99. The highest BCUT2D eigenvalue weighted by atomic mass is 79.9. The molecule has 0 aromatic heterocycles. The molecule has 2 rings (SSSR count). The molecule has 1 N–H and O–H groups in total. The minimum absolute atomic E-state index is 0.403. The van der Waals surface area contributed by atoms with Crippen molar-refractivity contribution in [3.05, 3.63) is 64.1 Å². The summed E-state index contributed by atoms with van der Waals surface area (Å²) in [6, 6.07) is 14.6. The average Bonchev–Trinajstić information content (AvgIpc) is 2.46. The first-order valence-corrected chi connectivity index (χ1v) is 7.52. The minimum atomic E-state index is -1.02. The molecule has 4 heteroatoms. The highest BCUT2D eigenvalue weighted by molar-refractivity contribution is 9.10. The molecule has 1 atom stereocenters. The van der Waals surface area contributed by atoms with E-state index < -0.39 is 12.1 Å². The number of carbonyl (C=O) groups is 1. The summed E-state index contributed by atoms with van der Waals surface area (Å²) in [6.45, 7) is 4.21. The number of halogens is 1. The lowest BCUT2D eigenvalue weighted by Gasteiger charge is -2.17. The Labute approximate surface area is 132 Å². The Kier molecular flexibility index (Phi) is 5.02. The van der Waals surface area contributed by atoms with Crippen LogP contribution in [0.15, 0.2) is 53.0 Å². The van der Waals surface area contributed by atoms with Crippen LogP contribution in [-0.4, -0.2) is 11.1 Å². The summed E-state index contributed by atoms with van der Waals surface area (Å²) in [4.78, 5) is 11.5. The molecule has 0 fully saturated rings. The van der Waals surface area contributed by atoms with Crippen molar-refractivity contribution in [2.45, 2.75) is 25.9 Å². The van der Waals surface area contributed by atoms with Crippen LogP contribution in [0.4, 0.5) is 0 Å².